The Bertz CT molecular complexity index is 1190. The van der Waals surface area contributed by atoms with E-state index in [0.717, 1.165) is 4.31 Å². The summed E-state index contributed by atoms with van der Waals surface area (Å²) in [5.74, 6) is -0.521. The van der Waals surface area contributed by atoms with Gasteiger partial charge in [-0.3, -0.25) is 13.9 Å². The number of carbonyl (C=O) groups is 2. The van der Waals surface area contributed by atoms with Crippen LogP contribution in [0.3, 0.4) is 0 Å². The van der Waals surface area contributed by atoms with E-state index in [1.54, 1.807) is 74.8 Å². The molecule has 3 rings (SSSR count). The van der Waals surface area contributed by atoms with E-state index in [0.29, 0.717) is 22.5 Å². The molecule has 0 saturated heterocycles. The van der Waals surface area contributed by atoms with Gasteiger partial charge in [0.2, 0.25) is 0 Å². The van der Waals surface area contributed by atoms with Gasteiger partial charge in [-0.25, -0.2) is 8.42 Å². The van der Waals surface area contributed by atoms with Crippen LogP contribution in [0.15, 0.2) is 83.8 Å². The molecular formula is C23H23N3O4S. The highest BCUT2D eigenvalue weighted by atomic mass is 32.2. The molecule has 0 atom stereocenters. The third kappa shape index (κ3) is 4.92. The van der Waals surface area contributed by atoms with Crippen LogP contribution in [0.5, 0.6) is 0 Å². The molecule has 7 nitrogen and oxygen atoms in total. The molecule has 0 saturated carbocycles. The summed E-state index contributed by atoms with van der Waals surface area (Å²) in [6.45, 7) is 0. The quantitative estimate of drug-likeness (QED) is 0.640. The third-order valence-electron chi connectivity index (χ3n) is 4.67. The van der Waals surface area contributed by atoms with E-state index < -0.39 is 10.0 Å². The van der Waals surface area contributed by atoms with Gasteiger partial charge in [0.05, 0.1) is 10.6 Å². The largest absolute Gasteiger partial charge is 0.345 e. The first-order valence-corrected chi connectivity index (χ1v) is 10.9. The maximum Gasteiger partial charge on any atom is 0.264 e. The molecule has 0 aliphatic carbocycles. The van der Waals surface area contributed by atoms with Crippen LogP contribution in [-0.2, 0) is 10.0 Å². The number of carbonyl (C=O) groups excluding carboxylic acids is 2. The zero-order valence-corrected chi connectivity index (χ0v) is 18.3. The first-order chi connectivity index (χ1) is 14.7. The fraction of sp³-hybridized carbons (Fsp3) is 0.130. The predicted molar refractivity (Wildman–Crippen MR) is 121 cm³/mol. The molecule has 0 unspecified atom stereocenters. The highest BCUT2D eigenvalue weighted by Crippen LogP contribution is 2.23. The van der Waals surface area contributed by atoms with Crippen molar-refractivity contribution in [3.05, 3.63) is 90.0 Å². The molecule has 160 valence electrons. The molecule has 3 aromatic rings. The molecule has 2 amide bonds. The summed E-state index contributed by atoms with van der Waals surface area (Å²) in [4.78, 5) is 26.3. The summed E-state index contributed by atoms with van der Waals surface area (Å²) >= 11 is 0. The Labute approximate surface area is 182 Å². The fourth-order valence-corrected chi connectivity index (χ4v) is 4.10. The van der Waals surface area contributed by atoms with Gasteiger partial charge in [0.25, 0.3) is 21.8 Å². The second-order valence-corrected chi connectivity index (χ2v) is 9.04. The lowest BCUT2D eigenvalue weighted by Crippen LogP contribution is -2.26. The topological polar surface area (TPSA) is 86.8 Å². The molecule has 31 heavy (non-hydrogen) atoms. The van der Waals surface area contributed by atoms with Crippen molar-refractivity contribution in [2.75, 3.05) is 30.8 Å². The number of benzene rings is 3. The minimum atomic E-state index is -3.75. The second kappa shape index (κ2) is 9.01. The highest BCUT2D eigenvalue weighted by Gasteiger charge is 2.21. The average molecular weight is 438 g/mol. The Morgan fingerprint density at radius 2 is 1.42 bits per heavy atom. The number of anilines is 2. The average Bonchev–Trinajstić information content (AvgIpc) is 2.79. The van der Waals surface area contributed by atoms with Gasteiger partial charge in [-0.1, -0.05) is 24.3 Å². The van der Waals surface area contributed by atoms with Crippen molar-refractivity contribution >= 4 is 33.2 Å². The van der Waals surface area contributed by atoms with Crippen LogP contribution in [0.2, 0.25) is 0 Å². The van der Waals surface area contributed by atoms with Crippen molar-refractivity contribution < 1.29 is 18.0 Å². The van der Waals surface area contributed by atoms with E-state index in [1.807, 2.05) is 0 Å². The van der Waals surface area contributed by atoms with Crippen molar-refractivity contribution in [3.63, 3.8) is 0 Å². The van der Waals surface area contributed by atoms with Gasteiger partial charge in [0, 0.05) is 38.0 Å². The molecule has 0 radical (unpaired) electrons. The monoisotopic (exact) mass is 437 g/mol. The van der Waals surface area contributed by atoms with Gasteiger partial charge in [-0.05, 0) is 54.6 Å². The molecule has 0 aliphatic rings. The molecule has 0 aliphatic heterocycles. The minimum absolute atomic E-state index is 0.131. The van der Waals surface area contributed by atoms with Gasteiger partial charge >= 0.3 is 0 Å². The molecule has 0 fully saturated rings. The van der Waals surface area contributed by atoms with E-state index in [4.69, 9.17) is 0 Å². The minimum Gasteiger partial charge on any atom is -0.345 e. The molecule has 3 aromatic carbocycles. The molecule has 0 bridgehead atoms. The molecule has 8 heteroatoms. The summed E-state index contributed by atoms with van der Waals surface area (Å²) in [7, 11) is 1.03. The van der Waals surface area contributed by atoms with Crippen LogP contribution < -0.4 is 9.62 Å². The number of rotatable bonds is 6. The van der Waals surface area contributed by atoms with Crippen LogP contribution >= 0.6 is 0 Å². The first kappa shape index (κ1) is 22.0. The van der Waals surface area contributed by atoms with Crippen LogP contribution in [0, 0.1) is 0 Å². The maximum atomic E-state index is 12.8. The van der Waals surface area contributed by atoms with Crippen LogP contribution in [0.25, 0.3) is 0 Å². The fourth-order valence-electron chi connectivity index (χ4n) is 2.89. The Morgan fingerprint density at radius 1 is 0.774 bits per heavy atom. The van der Waals surface area contributed by atoms with E-state index in [2.05, 4.69) is 5.32 Å². The maximum absolute atomic E-state index is 12.8. The van der Waals surface area contributed by atoms with E-state index in [1.165, 1.54) is 30.1 Å². The van der Waals surface area contributed by atoms with Crippen molar-refractivity contribution in [1.29, 1.82) is 0 Å². The SMILES string of the molecule is CN(C)C(=O)c1ccc(NC(=O)c2cccc(N(C)S(=O)(=O)c3ccccc3)c2)cc1. The number of hydrogen-bond acceptors (Lipinski definition) is 4. The standard InChI is InChI=1S/C23H23N3O4S/c1-25(2)23(28)17-12-14-19(15-13-17)24-22(27)18-8-7-9-20(16-18)26(3)31(29,30)21-10-5-4-6-11-21/h4-16H,1-3H3,(H,24,27). The number of hydrogen-bond donors (Lipinski definition) is 1. The highest BCUT2D eigenvalue weighted by molar-refractivity contribution is 7.92. The summed E-state index contributed by atoms with van der Waals surface area (Å²) in [6.07, 6.45) is 0. The van der Waals surface area contributed by atoms with E-state index >= 15 is 0 Å². The van der Waals surface area contributed by atoms with Gasteiger partial charge in [-0.15, -0.1) is 0 Å². The lowest BCUT2D eigenvalue weighted by Gasteiger charge is -2.20. The van der Waals surface area contributed by atoms with Gasteiger partial charge in [-0.2, -0.15) is 0 Å². The lowest BCUT2D eigenvalue weighted by atomic mass is 10.1. The van der Waals surface area contributed by atoms with Crippen LogP contribution in [0.1, 0.15) is 20.7 Å². The number of sulfonamides is 1. The van der Waals surface area contributed by atoms with Gasteiger partial charge in [0.1, 0.15) is 0 Å². The first-order valence-electron chi connectivity index (χ1n) is 9.47. The van der Waals surface area contributed by atoms with Crippen molar-refractivity contribution in [2.45, 2.75) is 4.90 Å². The zero-order valence-electron chi connectivity index (χ0n) is 17.4. The number of nitrogens with zero attached hydrogens (tertiary/aromatic N) is 2. The Balaban J connectivity index is 1.78. The van der Waals surface area contributed by atoms with Crippen LogP contribution in [-0.4, -0.2) is 46.3 Å². The van der Waals surface area contributed by atoms with Crippen molar-refractivity contribution in [3.8, 4) is 0 Å². The van der Waals surface area contributed by atoms with Gasteiger partial charge in [0.15, 0.2) is 0 Å². The number of nitrogens with one attached hydrogen (secondary N) is 1. The summed E-state index contributed by atoms with van der Waals surface area (Å²) in [6, 6.07) is 21.0. The third-order valence-corrected chi connectivity index (χ3v) is 6.47. The van der Waals surface area contributed by atoms with E-state index in [9.17, 15) is 18.0 Å². The Kier molecular flexibility index (Phi) is 6.41. The normalized spacial score (nSPS) is 10.9. The molecule has 1 N–H and O–H groups in total. The zero-order chi connectivity index (χ0) is 22.6. The Hall–Kier alpha value is -3.65. The summed E-state index contributed by atoms with van der Waals surface area (Å²) in [5.41, 5.74) is 1.71. The van der Waals surface area contributed by atoms with Crippen LogP contribution in [0.4, 0.5) is 11.4 Å². The van der Waals surface area contributed by atoms with E-state index in [-0.39, 0.29) is 16.7 Å². The number of amides is 2. The van der Waals surface area contributed by atoms with Gasteiger partial charge < -0.3 is 10.2 Å². The summed E-state index contributed by atoms with van der Waals surface area (Å²) in [5, 5.41) is 2.76. The smallest absolute Gasteiger partial charge is 0.264 e. The molecule has 0 aromatic heterocycles. The predicted octanol–water partition coefficient (Wildman–Crippen LogP) is 3.47. The molecular weight excluding hydrogens is 414 g/mol. The lowest BCUT2D eigenvalue weighted by molar-refractivity contribution is 0.0827. The Morgan fingerprint density at radius 3 is 2.03 bits per heavy atom. The molecule has 0 spiro atoms. The van der Waals surface area contributed by atoms with Crippen molar-refractivity contribution in [1.82, 2.24) is 4.90 Å². The summed E-state index contributed by atoms with van der Waals surface area (Å²) < 4.78 is 26.8. The second-order valence-electron chi connectivity index (χ2n) is 7.07. The molecule has 0 heterocycles. The van der Waals surface area contributed by atoms with Crippen molar-refractivity contribution in [2.24, 2.45) is 0 Å².